The van der Waals surface area contributed by atoms with Gasteiger partial charge in [-0.1, -0.05) is 31.2 Å². The van der Waals surface area contributed by atoms with Crippen LogP contribution in [-0.2, 0) is 13.6 Å². The standard InChI is InChI=1S/C21H27N5O/c1-15-8-10-25(11-9-15)19(17-7-5-4-6-16(17)2)13-26-14-22-18-12-24(3)23-20(18)21(26)27/h4-7,12,14-15,19H,8-11,13H2,1-3H3. The monoisotopic (exact) mass is 365 g/mol. The number of fused-ring (bicyclic) bond motifs is 1. The summed E-state index contributed by atoms with van der Waals surface area (Å²) in [5, 5.41) is 4.30. The number of rotatable bonds is 4. The Bertz CT molecular complexity index is 997. The van der Waals surface area contributed by atoms with Crippen molar-refractivity contribution >= 4 is 11.0 Å². The van der Waals surface area contributed by atoms with Crippen LogP contribution in [0.1, 0.15) is 36.9 Å². The molecule has 142 valence electrons. The van der Waals surface area contributed by atoms with Gasteiger partial charge < -0.3 is 0 Å². The molecule has 0 N–H and O–H groups in total. The third kappa shape index (κ3) is 3.54. The molecule has 0 saturated carbocycles. The lowest BCUT2D eigenvalue weighted by atomic mass is 9.94. The highest BCUT2D eigenvalue weighted by Crippen LogP contribution is 2.29. The van der Waals surface area contributed by atoms with E-state index in [0.29, 0.717) is 17.6 Å². The molecular weight excluding hydrogens is 338 g/mol. The number of benzene rings is 1. The predicted octanol–water partition coefficient (Wildman–Crippen LogP) is 2.91. The first kappa shape index (κ1) is 17.9. The van der Waals surface area contributed by atoms with Crippen molar-refractivity contribution in [3.05, 3.63) is 58.3 Å². The summed E-state index contributed by atoms with van der Waals surface area (Å²) < 4.78 is 3.37. The zero-order chi connectivity index (χ0) is 19.0. The van der Waals surface area contributed by atoms with Crippen molar-refractivity contribution in [3.8, 4) is 0 Å². The normalized spacial score (nSPS) is 17.4. The lowest BCUT2D eigenvalue weighted by molar-refractivity contribution is 0.124. The van der Waals surface area contributed by atoms with Crippen LogP contribution >= 0.6 is 0 Å². The van der Waals surface area contributed by atoms with E-state index in [4.69, 9.17) is 0 Å². The molecule has 3 aromatic rings. The van der Waals surface area contributed by atoms with E-state index in [0.717, 1.165) is 19.0 Å². The molecule has 0 amide bonds. The Labute approximate surface area is 159 Å². The summed E-state index contributed by atoms with van der Waals surface area (Å²) in [6, 6.07) is 8.67. The predicted molar refractivity (Wildman–Crippen MR) is 107 cm³/mol. The summed E-state index contributed by atoms with van der Waals surface area (Å²) in [7, 11) is 1.82. The van der Waals surface area contributed by atoms with Gasteiger partial charge in [0.05, 0.1) is 18.6 Å². The van der Waals surface area contributed by atoms with E-state index in [1.807, 2.05) is 7.05 Å². The third-order valence-electron chi connectivity index (χ3n) is 5.79. The van der Waals surface area contributed by atoms with Gasteiger partial charge in [-0.2, -0.15) is 5.10 Å². The Hall–Kier alpha value is -2.47. The van der Waals surface area contributed by atoms with Gasteiger partial charge >= 0.3 is 0 Å². The first-order valence-electron chi connectivity index (χ1n) is 9.71. The van der Waals surface area contributed by atoms with Gasteiger partial charge in [0, 0.05) is 13.6 Å². The fourth-order valence-electron chi connectivity index (χ4n) is 4.07. The van der Waals surface area contributed by atoms with Gasteiger partial charge in [0.15, 0.2) is 5.52 Å². The molecule has 4 rings (SSSR count). The van der Waals surface area contributed by atoms with Gasteiger partial charge in [-0.3, -0.25) is 18.9 Å². The van der Waals surface area contributed by atoms with Crippen molar-refractivity contribution in [2.75, 3.05) is 13.1 Å². The summed E-state index contributed by atoms with van der Waals surface area (Å²) in [4.78, 5) is 19.9. The number of likely N-dealkylation sites (tertiary alicyclic amines) is 1. The third-order valence-corrected chi connectivity index (χ3v) is 5.79. The first-order chi connectivity index (χ1) is 13.0. The molecule has 6 heteroatoms. The maximum absolute atomic E-state index is 13.0. The highest BCUT2D eigenvalue weighted by molar-refractivity contribution is 5.71. The molecule has 1 saturated heterocycles. The average Bonchev–Trinajstić information content (AvgIpc) is 3.04. The molecule has 1 unspecified atom stereocenters. The van der Waals surface area contributed by atoms with Gasteiger partial charge in [0.2, 0.25) is 0 Å². The number of hydrogen-bond acceptors (Lipinski definition) is 4. The SMILES string of the molecule is Cc1ccccc1C(Cn1cnc2cn(C)nc2c1=O)N1CCC(C)CC1. The largest absolute Gasteiger partial charge is 0.295 e. The summed E-state index contributed by atoms with van der Waals surface area (Å²) in [5.41, 5.74) is 3.58. The molecule has 2 aromatic heterocycles. The van der Waals surface area contributed by atoms with Gasteiger partial charge in [0.1, 0.15) is 5.52 Å². The number of nitrogens with zero attached hydrogens (tertiary/aromatic N) is 5. The maximum Gasteiger partial charge on any atom is 0.281 e. The van der Waals surface area contributed by atoms with Crippen molar-refractivity contribution in [2.24, 2.45) is 13.0 Å². The number of piperidine rings is 1. The topological polar surface area (TPSA) is 56.0 Å². The molecule has 0 radical (unpaired) electrons. The molecule has 1 fully saturated rings. The second kappa shape index (κ2) is 7.27. The Morgan fingerprint density at radius 1 is 1.22 bits per heavy atom. The highest BCUT2D eigenvalue weighted by atomic mass is 16.1. The lowest BCUT2D eigenvalue weighted by Crippen LogP contribution is -2.39. The van der Waals surface area contributed by atoms with Crippen molar-refractivity contribution in [1.82, 2.24) is 24.2 Å². The summed E-state index contributed by atoms with van der Waals surface area (Å²) in [6.07, 6.45) is 5.86. The van der Waals surface area contributed by atoms with E-state index in [9.17, 15) is 4.79 Å². The second-order valence-electron chi connectivity index (χ2n) is 7.83. The van der Waals surface area contributed by atoms with E-state index in [1.54, 1.807) is 21.8 Å². The number of aromatic nitrogens is 4. The van der Waals surface area contributed by atoms with E-state index in [2.05, 4.69) is 53.1 Å². The zero-order valence-electron chi connectivity index (χ0n) is 16.3. The van der Waals surface area contributed by atoms with Crippen LogP contribution in [0.25, 0.3) is 11.0 Å². The minimum Gasteiger partial charge on any atom is -0.295 e. The number of hydrogen-bond donors (Lipinski definition) is 0. The second-order valence-corrected chi connectivity index (χ2v) is 7.83. The lowest BCUT2D eigenvalue weighted by Gasteiger charge is -2.37. The Kier molecular flexibility index (Phi) is 4.83. The zero-order valence-corrected chi connectivity index (χ0v) is 16.3. The van der Waals surface area contributed by atoms with Crippen LogP contribution in [0.3, 0.4) is 0 Å². The maximum atomic E-state index is 13.0. The van der Waals surface area contributed by atoms with Gasteiger partial charge in [-0.15, -0.1) is 0 Å². The van der Waals surface area contributed by atoms with Gasteiger partial charge in [0.25, 0.3) is 5.56 Å². The summed E-state index contributed by atoms with van der Waals surface area (Å²) in [5.74, 6) is 0.771. The van der Waals surface area contributed by atoms with Crippen molar-refractivity contribution in [2.45, 2.75) is 39.3 Å². The Morgan fingerprint density at radius 3 is 2.70 bits per heavy atom. The molecule has 0 bridgehead atoms. The van der Waals surface area contributed by atoms with Crippen LogP contribution in [0.5, 0.6) is 0 Å². The Morgan fingerprint density at radius 2 is 1.96 bits per heavy atom. The van der Waals surface area contributed by atoms with E-state index in [-0.39, 0.29) is 11.6 Å². The molecule has 1 aliphatic heterocycles. The average molecular weight is 365 g/mol. The van der Waals surface area contributed by atoms with Crippen LogP contribution in [0, 0.1) is 12.8 Å². The first-order valence-corrected chi connectivity index (χ1v) is 9.71. The van der Waals surface area contributed by atoms with E-state index < -0.39 is 0 Å². The minimum atomic E-state index is -0.0652. The van der Waals surface area contributed by atoms with Crippen molar-refractivity contribution in [1.29, 1.82) is 0 Å². The van der Waals surface area contributed by atoms with Crippen LogP contribution in [0.4, 0.5) is 0 Å². The van der Waals surface area contributed by atoms with E-state index in [1.165, 1.54) is 24.0 Å². The Balaban J connectivity index is 1.72. The summed E-state index contributed by atoms with van der Waals surface area (Å²) >= 11 is 0. The van der Waals surface area contributed by atoms with Crippen LogP contribution in [-0.4, -0.2) is 37.3 Å². The fourth-order valence-corrected chi connectivity index (χ4v) is 4.07. The molecule has 0 spiro atoms. The molecule has 1 aliphatic rings. The van der Waals surface area contributed by atoms with Crippen LogP contribution in [0.15, 0.2) is 41.6 Å². The molecule has 1 atom stereocenters. The number of aryl methyl sites for hydroxylation is 2. The van der Waals surface area contributed by atoms with Crippen LogP contribution in [0.2, 0.25) is 0 Å². The molecule has 0 aliphatic carbocycles. The molecule has 6 nitrogen and oxygen atoms in total. The molecule has 3 heterocycles. The quantitative estimate of drug-likeness (QED) is 0.713. The van der Waals surface area contributed by atoms with Gasteiger partial charge in [-0.25, -0.2) is 4.98 Å². The van der Waals surface area contributed by atoms with Crippen LogP contribution < -0.4 is 5.56 Å². The highest BCUT2D eigenvalue weighted by Gasteiger charge is 2.26. The summed E-state index contributed by atoms with van der Waals surface area (Å²) in [6.45, 7) is 7.20. The molecular formula is C21H27N5O. The molecule has 1 aromatic carbocycles. The van der Waals surface area contributed by atoms with Gasteiger partial charge in [-0.05, 0) is 49.9 Å². The molecule has 27 heavy (non-hydrogen) atoms. The fraction of sp³-hybridized carbons (Fsp3) is 0.476. The minimum absolute atomic E-state index is 0.0652. The smallest absolute Gasteiger partial charge is 0.281 e. The van der Waals surface area contributed by atoms with Crippen molar-refractivity contribution < 1.29 is 0 Å². The van der Waals surface area contributed by atoms with E-state index >= 15 is 0 Å². The van der Waals surface area contributed by atoms with Crippen molar-refractivity contribution in [3.63, 3.8) is 0 Å².